The molecule has 0 saturated heterocycles. The van der Waals surface area contributed by atoms with Crippen molar-refractivity contribution in [1.29, 1.82) is 0 Å². The van der Waals surface area contributed by atoms with E-state index in [2.05, 4.69) is 18.8 Å². The quantitative estimate of drug-likeness (QED) is 0.206. The highest BCUT2D eigenvalue weighted by Gasteiger charge is 2.39. The molecule has 1 aromatic rings. The number of ether oxygens (including phenoxy) is 3. The average Bonchev–Trinajstić information content (AvgIpc) is 3.28. The molecule has 222 valence electrons. The maximum absolute atomic E-state index is 14.1. The minimum absolute atomic E-state index is 0.113. The fourth-order valence-electron chi connectivity index (χ4n) is 4.35. The SMILES string of the molecule is CC[C@@H](C(=O)N(C)C)N(c1cc(C#CC(C)(C)C)sc1C(=O)OCOC(=O)OC(C)C)C(=O)[C@H]1CC[C@H](C)CC1. The van der Waals surface area contributed by atoms with Gasteiger partial charge in [-0.15, -0.1) is 11.3 Å². The zero-order valence-corrected chi connectivity index (χ0v) is 26.1. The van der Waals surface area contributed by atoms with Gasteiger partial charge in [0.15, 0.2) is 0 Å². The Bertz CT molecular complexity index is 1120. The van der Waals surface area contributed by atoms with Crippen LogP contribution in [0.15, 0.2) is 6.07 Å². The van der Waals surface area contributed by atoms with E-state index < -0.39 is 31.1 Å². The van der Waals surface area contributed by atoms with Gasteiger partial charge in [0, 0.05) is 25.4 Å². The fraction of sp³-hybridized carbons (Fsp3) is 0.667. The molecule has 0 aromatic carbocycles. The minimum Gasteiger partial charge on any atom is -0.431 e. The largest absolute Gasteiger partial charge is 0.511 e. The molecular weight excluding hydrogens is 532 g/mol. The topological polar surface area (TPSA) is 102 Å². The number of carbonyl (C=O) groups excluding carboxylic acids is 4. The summed E-state index contributed by atoms with van der Waals surface area (Å²) in [6.07, 6.45) is 2.28. The molecule has 0 spiro atoms. The van der Waals surface area contributed by atoms with Crippen molar-refractivity contribution < 1.29 is 33.4 Å². The molecule has 0 N–H and O–H groups in total. The summed E-state index contributed by atoms with van der Waals surface area (Å²) in [4.78, 5) is 56.1. The van der Waals surface area contributed by atoms with Gasteiger partial charge in [0.2, 0.25) is 18.6 Å². The lowest BCUT2D eigenvalue weighted by molar-refractivity contribution is -0.133. The van der Waals surface area contributed by atoms with Crippen LogP contribution in [-0.4, -0.2) is 61.9 Å². The van der Waals surface area contributed by atoms with Crippen LogP contribution < -0.4 is 4.90 Å². The van der Waals surface area contributed by atoms with Gasteiger partial charge in [0.25, 0.3) is 0 Å². The summed E-state index contributed by atoms with van der Waals surface area (Å²) in [5.41, 5.74) is -0.0139. The highest BCUT2D eigenvalue weighted by molar-refractivity contribution is 7.15. The van der Waals surface area contributed by atoms with E-state index in [1.807, 2.05) is 27.7 Å². The molecule has 1 fully saturated rings. The van der Waals surface area contributed by atoms with Gasteiger partial charge in [-0.05, 0) is 78.7 Å². The lowest BCUT2D eigenvalue weighted by Gasteiger charge is -2.36. The Morgan fingerprint density at radius 2 is 1.70 bits per heavy atom. The number of anilines is 1. The second kappa shape index (κ2) is 14.5. The predicted octanol–water partition coefficient (Wildman–Crippen LogP) is 5.85. The first kappa shape index (κ1) is 33.1. The van der Waals surface area contributed by atoms with Crippen molar-refractivity contribution in [3.8, 4) is 11.8 Å². The predicted molar refractivity (Wildman–Crippen MR) is 155 cm³/mol. The summed E-state index contributed by atoms with van der Waals surface area (Å²) in [5, 5.41) is 0. The number of hydrogen-bond acceptors (Lipinski definition) is 8. The molecule has 10 heteroatoms. The highest BCUT2D eigenvalue weighted by atomic mass is 32.1. The van der Waals surface area contributed by atoms with Gasteiger partial charge in [-0.25, -0.2) is 9.59 Å². The van der Waals surface area contributed by atoms with Crippen molar-refractivity contribution in [2.24, 2.45) is 17.3 Å². The average molecular weight is 577 g/mol. The second-order valence-corrected chi connectivity index (χ2v) is 12.8. The van der Waals surface area contributed by atoms with E-state index in [0.717, 1.165) is 37.0 Å². The molecule has 1 saturated carbocycles. The number of hydrogen-bond donors (Lipinski definition) is 0. The molecule has 0 aliphatic heterocycles. The van der Waals surface area contributed by atoms with Gasteiger partial charge >= 0.3 is 12.1 Å². The molecule has 1 aliphatic carbocycles. The third kappa shape index (κ3) is 9.54. The Morgan fingerprint density at radius 1 is 1.07 bits per heavy atom. The van der Waals surface area contributed by atoms with E-state index >= 15 is 0 Å². The van der Waals surface area contributed by atoms with Crippen molar-refractivity contribution in [1.82, 2.24) is 4.90 Å². The van der Waals surface area contributed by atoms with E-state index in [0.29, 0.717) is 17.2 Å². The van der Waals surface area contributed by atoms with Crippen molar-refractivity contribution in [3.63, 3.8) is 0 Å². The lowest BCUT2D eigenvalue weighted by atomic mass is 9.82. The monoisotopic (exact) mass is 576 g/mol. The summed E-state index contributed by atoms with van der Waals surface area (Å²) in [5.74, 6) is 5.32. The van der Waals surface area contributed by atoms with Crippen LogP contribution in [0.4, 0.5) is 10.5 Å². The van der Waals surface area contributed by atoms with E-state index in [4.69, 9.17) is 14.2 Å². The van der Waals surface area contributed by atoms with Crippen LogP contribution in [0.1, 0.15) is 95.1 Å². The maximum atomic E-state index is 14.1. The van der Waals surface area contributed by atoms with Gasteiger partial charge < -0.3 is 19.1 Å². The molecule has 0 unspecified atom stereocenters. The number of esters is 1. The molecule has 0 radical (unpaired) electrons. The first-order chi connectivity index (χ1) is 18.6. The summed E-state index contributed by atoms with van der Waals surface area (Å²) < 4.78 is 15.0. The number of likely N-dealkylation sites (N-methyl/N-ethyl adjacent to an activating group) is 1. The lowest BCUT2D eigenvalue weighted by Crippen LogP contribution is -2.51. The number of amides is 2. The van der Waals surface area contributed by atoms with Crippen molar-refractivity contribution >= 4 is 41.0 Å². The van der Waals surface area contributed by atoms with Gasteiger partial charge in [0.1, 0.15) is 10.9 Å². The standard InChI is InChI=1S/C30H44N2O7S/c1-10-23(27(34)31(8)9)32(26(33)21-13-11-20(4)12-14-21)24-17-22(15-16-30(5,6)7)40-25(24)28(35)37-18-38-29(36)39-19(2)3/h17,19-21,23H,10-14,18H2,1-9H3/t20-,21-,23-/m0/s1. The van der Waals surface area contributed by atoms with Gasteiger partial charge in [-0.3, -0.25) is 14.5 Å². The molecule has 0 bridgehead atoms. The van der Waals surface area contributed by atoms with Gasteiger partial charge in [-0.2, -0.15) is 0 Å². The smallest absolute Gasteiger partial charge is 0.431 e. The highest BCUT2D eigenvalue weighted by Crippen LogP contribution is 2.37. The van der Waals surface area contributed by atoms with E-state index in [9.17, 15) is 19.2 Å². The van der Waals surface area contributed by atoms with E-state index in [-0.39, 0.29) is 33.7 Å². The Morgan fingerprint density at radius 3 is 2.23 bits per heavy atom. The molecule has 1 aromatic heterocycles. The summed E-state index contributed by atoms with van der Waals surface area (Å²) in [6, 6.07) is 0.867. The number of nitrogens with zero attached hydrogens (tertiary/aromatic N) is 2. The van der Waals surface area contributed by atoms with E-state index in [1.165, 1.54) is 9.80 Å². The molecule has 2 rings (SSSR count). The Balaban J connectivity index is 2.56. The van der Waals surface area contributed by atoms with Crippen LogP contribution in [0.25, 0.3) is 0 Å². The molecule has 1 aliphatic rings. The van der Waals surface area contributed by atoms with Crippen molar-refractivity contribution in [2.45, 2.75) is 92.7 Å². The van der Waals surface area contributed by atoms with Crippen LogP contribution in [0.3, 0.4) is 0 Å². The second-order valence-electron chi connectivity index (χ2n) is 11.8. The van der Waals surface area contributed by atoms with Crippen LogP contribution in [0.2, 0.25) is 0 Å². The molecule has 9 nitrogen and oxygen atoms in total. The van der Waals surface area contributed by atoms with Gasteiger partial charge in [-0.1, -0.05) is 25.7 Å². The summed E-state index contributed by atoms with van der Waals surface area (Å²) >= 11 is 1.08. The Hall–Kier alpha value is -3.06. The first-order valence-electron chi connectivity index (χ1n) is 13.9. The van der Waals surface area contributed by atoms with Crippen LogP contribution in [0.5, 0.6) is 0 Å². The number of carbonyl (C=O) groups is 4. The normalized spacial score (nSPS) is 17.8. The Labute approximate surface area is 242 Å². The minimum atomic E-state index is -0.961. The van der Waals surface area contributed by atoms with E-state index in [1.54, 1.807) is 34.0 Å². The third-order valence-electron chi connectivity index (χ3n) is 6.44. The summed E-state index contributed by atoms with van der Waals surface area (Å²) in [7, 11) is 3.29. The molecular formula is C30H44N2O7S. The van der Waals surface area contributed by atoms with Crippen LogP contribution in [0, 0.1) is 29.1 Å². The van der Waals surface area contributed by atoms with Crippen molar-refractivity contribution in [3.05, 3.63) is 15.8 Å². The zero-order chi connectivity index (χ0) is 30.2. The van der Waals surface area contributed by atoms with Crippen molar-refractivity contribution in [2.75, 3.05) is 25.8 Å². The zero-order valence-electron chi connectivity index (χ0n) is 25.3. The molecule has 1 heterocycles. The third-order valence-corrected chi connectivity index (χ3v) is 7.46. The Kier molecular flexibility index (Phi) is 12.0. The first-order valence-corrected chi connectivity index (χ1v) is 14.7. The van der Waals surface area contributed by atoms with Crippen LogP contribution in [-0.2, 0) is 23.8 Å². The molecule has 2 amide bonds. The molecule has 1 atom stereocenters. The molecule has 40 heavy (non-hydrogen) atoms. The maximum Gasteiger partial charge on any atom is 0.511 e. The van der Waals surface area contributed by atoms with Gasteiger partial charge in [0.05, 0.1) is 16.7 Å². The number of thiophene rings is 1. The van der Waals surface area contributed by atoms with Crippen LogP contribution >= 0.6 is 11.3 Å². The number of rotatable bonds is 9. The summed E-state index contributed by atoms with van der Waals surface area (Å²) in [6.45, 7) is 12.6. The fourth-order valence-corrected chi connectivity index (χ4v) is 5.25.